The molecule has 1 saturated heterocycles. The van der Waals surface area contributed by atoms with E-state index in [0.717, 1.165) is 31.2 Å². The van der Waals surface area contributed by atoms with Crippen molar-refractivity contribution in [1.29, 1.82) is 0 Å². The molecule has 37 heavy (non-hydrogen) atoms. The Hall–Kier alpha value is -3.04. The van der Waals surface area contributed by atoms with Crippen molar-refractivity contribution in [3.63, 3.8) is 0 Å². The number of aliphatic hydroxyl groups is 1. The second-order valence-electron chi connectivity index (χ2n) is 9.86. The number of aromatic hydroxyl groups is 1. The number of phenols is 1. The van der Waals surface area contributed by atoms with Crippen LogP contribution in [0.1, 0.15) is 54.1 Å². The lowest BCUT2D eigenvalue weighted by molar-refractivity contribution is -0.148. The van der Waals surface area contributed by atoms with E-state index in [1.807, 2.05) is 37.3 Å². The minimum Gasteiger partial charge on any atom is -0.508 e. The summed E-state index contributed by atoms with van der Waals surface area (Å²) in [5.74, 6) is -0.945. The van der Waals surface area contributed by atoms with Gasteiger partial charge in [0.2, 0.25) is 5.91 Å². The van der Waals surface area contributed by atoms with Crippen LogP contribution < -0.4 is 10.6 Å². The minimum absolute atomic E-state index is 0.00953. The fourth-order valence-corrected chi connectivity index (χ4v) is 6.70. The number of carbonyl (C=O) groups is 3. The van der Waals surface area contributed by atoms with E-state index in [9.17, 15) is 24.6 Å². The highest BCUT2D eigenvalue weighted by Crippen LogP contribution is 2.53. The summed E-state index contributed by atoms with van der Waals surface area (Å²) in [6.07, 6.45) is 2.15. The Bertz CT molecular complexity index is 1140. The molecule has 0 unspecified atom stereocenters. The number of nitrogens with zero attached hydrogens (tertiary/aromatic N) is 1. The Balaban J connectivity index is 1.59. The molecule has 8 nitrogen and oxygen atoms in total. The molecule has 3 atom stereocenters. The van der Waals surface area contributed by atoms with Crippen molar-refractivity contribution in [3.8, 4) is 5.75 Å². The first kappa shape index (κ1) is 27.0. The lowest BCUT2D eigenvalue weighted by atomic mass is 9.77. The number of phenolic OH excluding ortho intramolecular Hbond substituents is 1. The van der Waals surface area contributed by atoms with Crippen LogP contribution in [0.2, 0.25) is 0 Å². The van der Waals surface area contributed by atoms with E-state index in [0.29, 0.717) is 18.0 Å². The first-order valence-corrected chi connectivity index (χ1v) is 13.8. The molecular formula is C28H35N3O5S. The zero-order valence-electron chi connectivity index (χ0n) is 21.3. The van der Waals surface area contributed by atoms with Gasteiger partial charge in [-0.15, -0.1) is 11.8 Å². The largest absolute Gasteiger partial charge is 0.508 e. The summed E-state index contributed by atoms with van der Waals surface area (Å²) in [5.41, 5.74) is 1.52. The highest BCUT2D eigenvalue weighted by molar-refractivity contribution is 8.01. The molecule has 2 aromatic carbocycles. The summed E-state index contributed by atoms with van der Waals surface area (Å²) in [4.78, 5) is 41.6. The van der Waals surface area contributed by atoms with Gasteiger partial charge in [-0.3, -0.25) is 14.4 Å². The number of amides is 3. The van der Waals surface area contributed by atoms with Gasteiger partial charge >= 0.3 is 0 Å². The number of aliphatic hydroxyl groups excluding tert-OH is 1. The van der Waals surface area contributed by atoms with Gasteiger partial charge < -0.3 is 25.7 Å². The number of rotatable bonds is 9. The molecule has 2 aliphatic rings. The van der Waals surface area contributed by atoms with Gasteiger partial charge in [0, 0.05) is 22.4 Å². The Morgan fingerprint density at radius 3 is 2.51 bits per heavy atom. The van der Waals surface area contributed by atoms with Gasteiger partial charge in [-0.1, -0.05) is 49.7 Å². The van der Waals surface area contributed by atoms with Crippen LogP contribution in [-0.4, -0.2) is 68.2 Å². The van der Waals surface area contributed by atoms with E-state index < -0.39 is 30.0 Å². The van der Waals surface area contributed by atoms with Gasteiger partial charge in [0.05, 0.1) is 11.9 Å². The van der Waals surface area contributed by atoms with Gasteiger partial charge in [-0.2, -0.15) is 0 Å². The summed E-state index contributed by atoms with van der Waals surface area (Å²) in [7, 11) is 0. The summed E-state index contributed by atoms with van der Waals surface area (Å²) >= 11 is 1.60. The molecule has 1 aliphatic heterocycles. The minimum atomic E-state index is -1.56. The molecule has 0 aromatic heterocycles. The lowest BCUT2D eigenvalue weighted by Crippen LogP contribution is -2.61. The standard InChI is InChI=1S/C28H35N3O5S/c1-3-15-29-26(35)24-28(13-8-14-28)37-17-31(24)27(36)23(33)21(16-19-9-5-4-6-10-19)30-25(34)20-11-7-12-22(32)18(20)2/h4-7,9-12,21,23-24,32-33H,3,8,13-17H2,1-2H3,(H,29,35)(H,30,34)/t21-,23-,24+/m0/s1. The predicted molar refractivity (Wildman–Crippen MR) is 143 cm³/mol. The maximum absolute atomic E-state index is 13.7. The van der Waals surface area contributed by atoms with Crippen LogP contribution in [0.5, 0.6) is 5.75 Å². The van der Waals surface area contributed by atoms with Crippen molar-refractivity contribution in [3.05, 3.63) is 65.2 Å². The number of nitrogens with one attached hydrogen (secondary N) is 2. The van der Waals surface area contributed by atoms with Crippen molar-refractivity contribution in [2.45, 2.75) is 68.9 Å². The third-order valence-corrected chi connectivity index (χ3v) is 8.99. The number of carbonyl (C=O) groups excluding carboxylic acids is 3. The zero-order valence-corrected chi connectivity index (χ0v) is 22.1. The summed E-state index contributed by atoms with van der Waals surface area (Å²) in [6, 6.07) is 12.4. The van der Waals surface area contributed by atoms with Crippen LogP contribution in [0.25, 0.3) is 0 Å². The van der Waals surface area contributed by atoms with Crippen LogP contribution >= 0.6 is 11.8 Å². The molecule has 4 rings (SSSR count). The van der Waals surface area contributed by atoms with Crippen LogP contribution in [0.15, 0.2) is 48.5 Å². The molecule has 2 aromatic rings. The van der Waals surface area contributed by atoms with Gasteiger partial charge in [-0.05, 0) is 50.3 Å². The number of hydrogen-bond donors (Lipinski definition) is 4. The first-order valence-electron chi connectivity index (χ1n) is 12.8. The van der Waals surface area contributed by atoms with Crippen molar-refractivity contribution < 1.29 is 24.6 Å². The molecule has 4 N–H and O–H groups in total. The Morgan fingerprint density at radius 2 is 1.86 bits per heavy atom. The first-order chi connectivity index (χ1) is 17.8. The quantitative estimate of drug-likeness (QED) is 0.400. The number of thioether (sulfide) groups is 1. The van der Waals surface area contributed by atoms with Gasteiger partial charge in [0.15, 0.2) is 6.10 Å². The van der Waals surface area contributed by atoms with Crippen LogP contribution in [0.4, 0.5) is 0 Å². The molecule has 0 bridgehead atoms. The molecule has 2 fully saturated rings. The van der Waals surface area contributed by atoms with Gasteiger partial charge in [-0.25, -0.2) is 0 Å². The van der Waals surface area contributed by atoms with Crippen molar-refractivity contribution in [2.75, 3.05) is 12.4 Å². The molecular weight excluding hydrogens is 490 g/mol. The zero-order chi connectivity index (χ0) is 26.6. The predicted octanol–water partition coefficient (Wildman–Crippen LogP) is 2.75. The van der Waals surface area contributed by atoms with Crippen molar-refractivity contribution in [1.82, 2.24) is 15.5 Å². The second kappa shape index (κ2) is 11.6. The Morgan fingerprint density at radius 1 is 1.14 bits per heavy atom. The second-order valence-corrected chi connectivity index (χ2v) is 11.2. The van der Waals surface area contributed by atoms with Crippen molar-refractivity contribution in [2.24, 2.45) is 0 Å². The average molecular weight is 526 g/mol. The van der Waals surface area contributed by atoms with E-state index in [4.69, 9.17) is 0 Å². The summed E-state index contributed by atoms with van der Waals surface area (Å²) in [5, 5.41) is 27.2. The maximum Gasteiger partial charge on any atom is 0.254 e. The Kier molecular flexibility index (Phi) is 8.44. The fourth-order valence-electron chi connectivity index (χ4n) is 5.06. The van der Waals surface area contributed by atoms with Gasteiger partial charge in [0.25, 0.3) is 11.8 Å². The van der Waals surface area contributed by atoms with E-state index in [1.165, 1.54) is 11.0 Å². The van der Waals surface area contributed by atoms with Crippen LogP contribution in [0, 0.1) is 6.92 Å². The number of benzene rings is 2. The third kappa shape index (κ3) is 5.62. The molecule has 9 heteroatoms. The monoisotopic (exact) mass is 525 g/mol. The van der Waals surface area contributed by atoms with Gasteiger partial charge in [0.1, 0.15) is 11.8 Å². The smallest absolute Gasteiger partial charge is 0.254 e. The molecule has 1 aliphatic carbocycles. The Labute approximate surface area is 221 Å². The molecule has 0 radical (unpaired) electrons. The summed E-state index contributed by atoms with van der Waals surface area (Å²) in [6.45, 7) is 4.13. The van der Waals surface area contributed by atoms with E-state index in [2.05, 4.69) is 10.6 Å². The van der Waals surface area contributed by atoms with E-state index in [1.54, 1.807) is 30.8 Å². The molecule has 198 valence electrons. The highest BCUT2D eigenvalue weighted by atomic mass is 32.2. The average Bonchev–Trinajstić information content (AvgIpc) is 3.30. The fraction of sp³-hybridized carbons (Fsp3) is 0.464. The van der Waals surface area contributed by atoms with Crippen molar-refractivity contribution >= 4 is 29.5 Å². The van der Waals surface area contributed by atoms with Crippen LogP contribution in [-0.2, 0) is 16.0 Å². The topological polar surface area (TPSA) is 119 Å². The van der Waals surface area contributed by atoms with Crippen LogP contribution in [0.3, 0.4) is 0 Å². The third-order valence-electron chi connectivity index (χ3n) is 7.38. The SMILES string of the molecule is CCCNC(=O)[C@H]1N(C(=O)[C@@H](O)[C@H](Cc2ccccc2)NC(=O)c2cccc(O)c2C)CSC12CCC2. The molecule has 1 spiro atoms. The highest BCUT2D eigenvalue weighted by Gasteiger charge is 2.57. The lowest BCUT2D eigenvalue weighted by Gasteiger charge is -2.43. The van der Waals surface area contributed by atoms with E-state index >= 15 is 0 Å². The van der Waals surface area contributed by atoms with E-state index in [-0.39, 0.29) is 28.4 Å². The maximum atomic E-state index is 13.7. The molecule has 1 saturated carbocycles. The normalized spacial score (nSPS) is 19.6. The number of hydrogen-bond acceptors (Lipinski definition) is 6. The summed E-state index contributed by atoms with van der Waals surface area (Å²) < 4.78 is -0.315. The molecule has 3 amide bonds. The molecule has 1 heterocycles.